The van der Waals surface area contributed by atoms with Crippen LogP contribution in [0, 0.1) is 0 Å². The second-order valence-electron chi connectivity index (χ2n) is 2.58. The maximum absolute atomic E-state index is 9.36. The van der Waals surface area contributed by atoms with Crippen molar-refractivity contribution >= 4 is 11.6 Å². The highest BCUT2D eigenvalue weighted by atomic mass is 35.5. The molecule has 72 valence electrons. The number of hydrogen-bond acceptors (Lipinski definition) is 3. The Balaban J connectivity index is 3.05. The molecule has 13 heavy (non-hydrogen) atoms. The van der Waals surface area contributed by atoms with E-state index < -0.39 is 6.10 Å². The van der Waals surface area contributed by atoms with Crippen LogP contribution in [0.1, 0.15) is 11.7 Å². The molecule has 0 aliphatic heterocycles. The Morgan fingerprint density at radius 2 is 2.23 bits per heavy atom. The van der Waals surface area contributed by atoms with Gasteiger partial charge in [0.2, 0.25) is 0 Å². The number of hydrogen-bond donors (Lipinski definition) is 2. The molecule has 4 heteroatoms. The SMILES string of the molecule is COc1cc(Cl)ccc1C(O)CO. The molecule has 2 N–H and O–H groups in total. The van der Waals surface area contributed by atoms with E-state index in [0.717, 1.165) is 0 Å². The lowest BCUT2D eigenvalue weighted by molar-refractivity contribution is 0.0933. The molecule has 0 saturated carbocycles. The van der Waals surface area contributed by atoms with Crippen molar-refractivity contribution in [1.29, 1.82) is 0 Å². The summed E-state index contributed by atoms with van der Waals surface area (Å²) >= 11 is 5.72. The van der Waals surface area contributed by atoms with E-state index >= 15 is 0 Å². The zero-order valence-corrected chi connectivity index (χ0v) is 7.95. The van der Waals surface area contributed by atoms with Gasteiger partial charge < -0.3 is 14.9 Å². The van der Waals surface area contributed by atoms with Crippen molar-refractivity contribution in [3.8, 4) is 5.75 Å². The number of benzene rings is 1. The summed E-state index contributed by atoms with van der Waals surface area (Å²) in [7, 11) is 1.49. The molecule has 0 heterocycles. The molecule has 1 atom stereocenters. The van der Waals surface area contributed by atoms with Gasteiger partial charge in [-0.2, -0.15) is 0 Å². The fraction of sp³-hybridized carbons (Fsp3) is 0.333. The van der Waals surface area contributed by atoms with Crippen LogP contribution in [-0.4, -0.2) is 23.9 Å². The summed E-state index contributed by atoms with van der Waals surface area (Å²) < 4.78 is 4.99. The van der Waals surface area contributed by atoms with E-state index in [0.29, 0.717) is 16.3 Å². The van der Waals surface area contributed by atoms with Crippen molar-refractivity contribution in [3.05, 3.63) is 28.8 Å². The molecule has 1 unspecified atom stereocenters. The third-order valence-corrected chi connectivity index (χ3v) is 1.96. The molecule has 0 saturated heterocycles. The Labute approximate surface area is 81.5 Å². The molecule has 0 fully saturated rings. The van der Waals surface area contributed by atoms with Crippen molar-refractivity contribution in [2.24, 2.45) is 0 Å². The summed E-state index contributed by atoms with van der Waals surface area (Å²) in [5.41, 5.74) is 0.536. The predicted molar refractivity (Wildman–Crippen MR) is 50.0 cm³/mol. The first kappa shape index (κ1) is 10.3. The van der Waals surface area contributed by atoms with Crippen LogP contribution in [0.15, 0.2) is 18.2 Å². The minimum atomic E-state index is -0.924. The predicted octanol–water partition coefficient (Wildman–Crippen LogP) is 1.37. The second kappa shape index (κ2) is 4.46. The van der Waals surface area contributed by atoms with Crippen LogP contribution in [-0.2, 0) is 0 Å². The van der Waals surface area contributed by atoms with Crippen LogP contribution >= 0.6 is 11.6 Å². The van der Waals surface area contributed by atoms with Crippen molar-refractivity contribution < 1.29 is 14.9 Å². The van der Waals surface area contributed by atoms with E-state index in [4.69, 9.17) is 21.4 Å². The van der Waals surface area contributed by atoms with E-state index in [1.807, 2.05) is 0 Å². The standard InChI is InChI=1S/C9H11ClO3/c1-13-9-4-6(10)2-3-7(9)8(12)5-11/h2-4,8,11-12H,5H2,1H3. The first-order chi connectivity index (χ1) is 6.19. The first-order valence-corrected chi connectivity index (χ1v) is 4.19. The Bertz CT molecular complexity index is 288. The molecular formula is C9H11ClO3. The van der Waals surface area contributed by atoms with Crippen LogP contribution < -0.4 is 4.74 Å². The molecule has 1 rings (SSSR count). The Kier molecular flexibility index (Phi) is 3.54. The van der Waals surface area contributed by atoms with Gasteiger partial charge in [0, 0.05) is 10.6 Å². The molecule has 0 spiro atoms. The van der Waals surface area contributed by atoms with Gasteiger partial charge in [0.1, 0.15) is 11.9 Å². The van der Waals surface area contributed by atoms with Gasteiger partial charge in [-0.3, -0.25) is 0 Å². The van der Waals surface area contributed by atoms with Gasteiger partial charge in [0.05, 0.1) is 13.7 Å². The Morgan fingerprint density at radius 1 is 1.54 bits per heavy atom. The maximum atomic E-state index is 9.36. The molecule has 0 bridgehead atoms. The fourth-order valence-electron chi connectivity index (χ4n) is 1.06. The fourth-order valence-corrected chi connectivity index (χ4v) is 1.22. The van der Waals surface area contributed by atoms with Crippen LogP contribution in [0.25, 0.3) is 0 Å². The number of aliphatic hydroxyl groups excluding tert-OH is 2. The van der Waals surface area contributed by atoms with Crippen molar-refractivity contribution in [3.63, 3.8) is 0 Å². The molecule has 1 aromatic carbocycles. The number of aliphatic hydroxyl groups is 2. The molecule has 0 aromatic heterocycles. The summed E-state index contributed by atoms with van der Waals surface area (Å²) in [6, 6.07) is 4.86. The summed E-state index contributed by atoms with van der Waals surface area (Å²) in [6.07, 6.45) is -0.924. The van der Waals surface area contributed by atoms with Gasteiger partial charge in [0.15, 0.2) is 0 Å². The summed E-state index contributed by atoms with van der Waals surface area (Å²) in [5, 5.41) is 18.6. The number of rotatable bonds is 3. The first-order valence-electron chi connectivity index (χ1n) is 3.81. The van der Waals surface area contributed by atoms with Crippen molar-refractivity contribution in [1.82, 2.24) is 0 Å². The van der Waals surface area contributed by atoms with Gasteiger partial charge in [-0.05, 0) is 12.1 Å². The largest absolute Gasteiger partial charge is 0.496 e. The topological polar surface area (TPSA) is 49.7 Å². The highest BCUT2D eigenvalue weighted by Crippen LogP contribution is 2.27. The number of ether oxygens (including phenoxy) is 1. The third-order valence-electron chi connectivity index (χ3n) is 1.73. The van der Waals surface area contributed by atoms with Crippen LogP contribution in [0.2, 0.25) is 5.02 Å². The lowest BCUT2D eigenvalue weighted by Crippen LogP contribution is -2.04. The molecule has 0 radical (unpaired) electrons. The Morgan fingerprint density at radius 3 is 2.77 bits per heavy atom. The average Bonchev–Trinajstić information content (AvgIpc) is 2.16. The minimum absolute atomic E-state index is 0.335. The zero-order chi connectivity index (χ0) is 9.84. The van der Waals surface area contributed by atoms with E-state index in [9.17, 15) is 5.11 Å². The van der Waals surface area contributed by atoms with Crippen LogP contribution in [0.3, 0.4) is 0 Å². The lowest BCUT2D eigenvalue weighted by atomic mass is 10.1. The molecule has 0 aliphatic rings. The Hall–Kier alpha value is -0.770. The molecule has 3 nitrogen and oxygen atoms in total. The average molecular weight is 203 g/mol. The van der Waals surface area contributed by atoms with Gasteiger partial charge in [-0.25, -0.2) is 0 Å². The summed E-state index contributed by atoms with van der Waals surface area (Å²) in [4.78, 5) is 0. The normalized spacial score (nSPS) is 12.6. The van der Waals surface area contributed by atoms with E-state index in [2.05, 4.69) is 0 Å². The molecule has 0 amide bonds. The zero-order valence-electron chi connectivity index (χ0n) is 7.20. The van der Waals surface area contributed by atoms with Crippen molar-refractivity contribution in [2.75, 3.05) is 13.7 Å². The monoisotopic (exact) mass is 202 g/mol. The highest BCUT2D eigenvalue weighted by molar-refractivity contribution is 6.30. The van der Waals surface area contributed by atoms with Crippen molar-refractivity contribution in [2.45, 2.75) is 6.10 Å². The van der Waals surface area contributed by atoms with E-state index in [1.165, 1.54) is 7.11 Å². The summed E-state index contributed by atoms with van der Waals surface area (Å²) in [6.45, 7) is -0.335. The van der Waals surface area contributed by atoms with E-state index in [1.54, 1.807) is 18.2 Å². The van der Waals surface area contributed by atoms with Gasteiger partial charge >= 0.3 is 0 Å². The van der Waals surface area contributed by atoms with Gasteiger partial charge in [0.25, 0.3) is 0 Å². The second-order valence-corrected chi connectivity index (χ2v) is 3.02. The number of methoxy groups -OCH3 is 1. The van der Waals surface area contributed by atoms with Crippen LogP contribution in [0.4, 0.5) is 0 Å². The van der Waals surface area contributed by atoms with Gasteiger partial charge in [-0.1, -0.05) is 17.7 Å². The van der Waals surface area contributed by atoms with Gasteiger partial charge in [-0.15, -0.1) is 0 Å². The quantitative estimate of drug-likeness (QED) is 0.779. The maximum Gasteiger partial charge on any atom is 0.126 e. The molecule has 0 aliphatic carbocycles. The molecular weight excluding hydrogens is 192 g/mol. The number of halogens is 1. The highest BCUT2D eigenvalue weighted by Gasteiger charge is 2.11. The van der Waals surface area contributed by atoms with Crippen LogP contribution in [0.5, 0.6) is 5.75 Å². The lowest BCUT2D eigenvalue weighted by Gasteiger charge is -2.12. The van der Waals surface area contributed by atoms with E-state index in [-0.39, 0.29) is 6.61 Å². The smallest absolute Gasteiger partial charge is 0.126 e. The minimum Gasteiger partial charge on any atom is -0.496 e. The third kappa shape index (κ3) is 2.34. The molecule has 1 aromatic rings. The summed E-state index contributed by atoms with van der Waals surface area (Å²) in [5.74, 6) is 0.481.